The SMILES string of the molecule is COC(=O)CCS(=O)(=O)NCC1(O)CCC1. The summed E-state index contributed by atoms with van der Waals surface area (Å²) in [5, 5.41) is 9.68. The molecule has 0 aliphatic heterocycles. The molecule has 0 saturated heterocycles. The van der Waals surface area contributed by atoms with Crippen molar-refractivity contribution in [2.24, 2.45) is 0 Å². The van der Waals surface area contributed by atoms with Gasteiger partial charge in [-0.25, -0.2) is 13.1 Å². The van der Waals surface area contributed by atoms with Gasteiger partial charge in [0.25, 0.3) is 0 Å². The molecule has 2 N–H and O–H groups in total. The van der Waals surface area contributed by atoms with Gasteiger partial charge in [0.1, 0.15) is 0 Å². The van der Waals surface area contributed by atoms with Gasteiger partial charge in [0, 0.05) is 6.54 Å². The van der Waals surface area contributed by atoms with Crippen LogP contribution in [0.2, 0.25) is 0 Å². The Labute approximate surface area is 95.0 Å². The number of hydrogen-bond acceptors (Lipinski definition) is 5. The van der Waals surface area contributed by atoms with Gasteiger partial charge < -0.3 is 9.84 Å². The van der Waals surface area contributed by atoms with Crippen molar-refractivity contribution in [3.8, 4) is 0 Å². The molecule has 94 valence electrons. The van der Waals surface area contributed by atoms with Gasteiger partial charge in [-0.1, -0.05) is 0 Å². The maximum absolute atomic E-state index is 11.4. The second kappa shape index (κ2) is 5.11. The Morgan fingerprint density at radius 1 is 1.50 bits per heavy atom. The number of rotatable bonds is 6. The van der Waals surface area contributed by atoms with E-state index in [2.05, 4.69) is 9.46 Å². The van der Waals surface area contributed by atoms with Crippen LogP contribution in [0.3, 0.4) is 0 Å². The summed E-state index contributed by atoms with van der Waals surface area (Å²) in [6.07, 6.45) is 1.98. The van der Waals surface area contributed by atoms with Crippen LogP contribution in [0.4, 0.5) is 0 Å². The first-order valence-corrected chi connectivity index (χ1v) is 6.79. The fraction of sp³-hybridized carbons (Fsp3) is 0.889. The highest BCUT2D eigenvalue weighted by molar-refractivity contribution is 7.89. The van der Waals surface area contributed by atoms with E-state index in [0.717, 1.165) is 6.42 Å². The molecule has 0 radical (unpaired) electrons. The Kier molecular flexibility index (Phi) is 4.28. The van der Waals surface area contributed by atoms with Gasteiger partial charge in [-0.05, 0) is 19.3 Å². The van der Waals surface area contributed by atoms with Crippen molar-refractivity contribution in [2.75, 3.05) is 19.4 Å². The van der Waals surface area contributed by atoms with E-state index in [1.54, 1.807) is 0 Å². The molecule has 1 rings (SSSR count). The molecular weight excluding hydrogens is 234 g/mol. The second-order valence-corrected chi connectivity index (χ2v) is 5.97. The average Bonchev–Trinajstić information content (AvgIpc) is 2.20. The van der Waals surface area contributed by atoms with Crippen LogP contribution in [0, 0.1) is 0 Å². The van der Waals surface area contributed by atoms with Crippen LogP contribution < -0.4 is 4.72 Å². The summed E-state index contributed by atoms with van der Waals surface area (Å²) in [5.74, 6) is -0.872. The minimum absolute atomic E-state index is 0.0243. The first-order valence-electron chi connectivity index (χ1n) is 5.13. The van der Waals surface area contributed by atoms with E-state index < -0.39 is 21.6 Å². The molecule has 1 aliphatic carbocycles. The molecule has 0 spiro atoms. The van der Waals surface area contributed by atoms with Crippen LogP contribution in [0.15, 0.2) is 0 Å². The van der Waals surface area contributed by atoms with Crippen LogP contribution >= 0.6 is 0 Å². The summed E-state index contributed by atoms with van der Waals surface area (Å²) in [6, 6.07) is 0. The largest absolute Gasteiger partial charge is 0.469 e. The summed E-state index contributed by atoms with van der Waals surface area (Å²) >= 11 is 0. The van der Waals surface area contributed by atoms with Crippen molar-refractivity contribution in [1.82, 2.24) is 4.72 Å². The fourth-order valence-corrected chi connectivity index (χ4v) is 2.47. The van der Waals surface area contributed by atoms with Crippen LogP contribution in [-0.2, 0) is 19.6 Å². The quantitative estimate of drug-likeness (QED) is 0.614. The van der Waals surface area contributed by atoms with Crippen LogP contribution in [0.1, 0.15) is 25.7 Å². The molecule has 0 heterocycles. The normalized spacial score (nSPS) is 18.9. The number of nitrogens with one attached hydrogen (secondary N) is 1. The highest BCUT2D eigenvalue weighted by Gasteiger charge is 2.35. The number of carbonyl (C=O) groups excluding carboxylic acids is 1. The van der Waals surface area contributed by atoms with Crippen molar-refractivity contribution in [2.45, 2.75) is 31.3 Å². The zero-order chi connectivity index (χ0) is 12.2. The van der Waals surface area contributed by atoms with E-state index in [1.165, 1.54) is 7.11 Å². The summed E-state index contributed by atoms with van der Waals surface area (Å²) < 4.78 is 29.5. The van der Waals surface area contributed by atoms with Crippen LogP contribution in [0.25, 0.3) is 0 Å². The van der Waals surface area contributed by atoms with E-state index in [0.29, 0.717) is 12.8 Å². The lowest BCUT2D eigenvalue weighted by Gasteiger charge is -2.36. The fourth-order valence-electron chi connectivity index (χ4n) is 1.40. The molecule has 6 nitrogen and oxygen atoms in total. The molecule has 1 aliphatic rings. The van der Waals surface area contributed by atoms with E-state index in [9.17, 15) is 18.3 Å². The van der Waals surface area contributed by atoms with Gasteiger partial charge >= 0.3 is 5.97 Å². The van der Waals surface area contributed by atoms with E-state index >= 15 is 0 Å². The molecule has 0 unspecified atom stereocenters. The number of ether oxygens (including phenoxy) is 1. The van der Waals surface area contributed by atoms with E-state index in [4.69, 9.17) is 0 Å². The number of sulfonamides is 1. The van der Waals surface area contributed by atoms with E-state index in [-0.39, 0.29) is 18.7 Å². The van der Waals surface area contributed by atoms with Crippen LogP contribution in [0.5, 0.6) is 0 Å². The molecule has 7 heteroatoms. The van der Waals surface area contributed by atoms with Crippen LogP contribution in [-0.4, -0.2) is 44.5 Å². The van der Waals surface area contributed by atoms with Gasteiger partial charge in [0.15, 0.2) is 0 Å². The Balaban J connectivity index is 2.31. The molecule has 0 aromatic rings. The second-order valence-electron chi connectivity index (χ2n) is 4.04. The lowest BCUT2D eigenvalue weighted by atomic mass is 9.81. The molecule has 1 saturated carbocycles. The Hall–Kier alpha value is -0.660. The lowest BCUT2D eigenvalue weighted by Crippen LogP contribution is -2.48. The van der Waals surface area contributed by atoms with Gasteiger partial charge in [-0.15, -0.1) is 0 Å². The number of methoxy groups -OCH3 is 1. The standard InChI is InChI=1S/C9H17NO5S/c1-15-8(11)3-6-16(13,14)10-7-9(12)4-2-5-9/h10,12H,2-7H2,1H3. The molecule has 16 heavy (non-hydrogen) atoms. The van der Waals surface area contributed by atoms with Gasteiger partial charge in [-0.3, -0.25) is 4.79 Å². The summed E-state index contributed by atoms with van der Waals surface area (Å²) in [6.45, 7) is 0.0243. The van der Waals surface area contributed by atoms with Gasteiger partial charge in [0.2, 0.25) is 10.0 Å². The zero-order valence-corrected chi connectivity index (χ0v) is 10.0. The van der Waals surface area contributed by atoms with Crippen molar-refractivity contribution in [1.29, 1.82) is 0 Å². The van der Waals surface area contributed by atoms with Crippen molar-refractivity contribution in [3.63, 3.8) is 0 Å². The number of aliphatic hydroxyl groups is 1. The molecule has 0 aromatic carbocycles. The third-order valence-electron chi connectivity index (χ3n) is 2.71. The van der Waals surface area contributed by atoms with Crippen molar-refractivity contribution >= 4 is 16.0 Å². The maximum atomic E-state index is 11.4. The Morgan fingerprint density at radius 3 is 2.56 bits per heavy atom. The molecule has 0 atom stereocenters. The first-order chi connectivity index (χ1) is 7.37. The predicted octanol–water partition coefficient (Wildman–Crippen LogP) is -0.616. The van der Waals surface area contributed by atoms with Gasteiger partial charge in [-0.2, -0.15) is 0 Å². The summed E-state index contributed by atoms with van der Waals surface area (Å²) in [5.41, 5.74) is -0.891. The molecule has 1 fully saturated rings. The van der Waals surface area contributed by atoms with Gasteiger partial charge in [0.05, 0.1) is 24.9 Å². The molecule has 0 amide bonds. The highest BCUT2D eigenvalue weighted by Crippen LogP contribution is 2.30. The minimum atomic E-state index is -3.51. The highest BCUT2D eigenvalue weighted by atomic mass is 32.2. The number of esters is 1. The topological polar surface area (TPSA) is 92.7 Å². The average molecular weight is 251 g/mol. The van der Waals surface area contributed by atoms with E-state index in [1.807, 2.05) is 0 Å². The minimum Gasteiger partial charge on any atom is -0.469 e. The predicted molar refractivity (Wildman–Crippen MR) is 57.2 cm³/mol. The third kappa shape index (κ3) is 4.07. The summed E-state index contributed by atoms with van der Waals surface area (Å²) in [7, 11) is -2.30. The van der Waals surface area contributed by atoms with Crippen molar-refractivity contribution < 1.29 is 23.1 Å². The molecule has 0 bridgehead atoms. The molecule has 0 aromatic heterocycles. The Morgan fingerprint density at radius 2 is 2.12 bits per heavy atom. The number of hydrogen-bond donors (Lipinski definition) is 2. The zero-order valence-electron chi connectivity index (χ0n) is 9.23. The summed E-state index contributed by atoms with van der Waals surface area (Å²) in [4.78, 5) is 10.8. The Bertz CT molecular complexity index is 347. The third-order valence-corrected chi connectivity index (χ3v) is 4.03. The lowest BCUT2D eigenvalue weighted by molar-refractivity contribution is -0.140. The smallest absolute Gasteiger partial charge is 0.306 e. The van der Waals surface area contributed by atoms with Crippen molar-refractivity contribution in [3.05, 3.63) is 0 Å². The molecular formula is C9H17NO5S. The first kappa shape index (κ1) is 13.4. The monoisotopic (exact) mass is 251 g/mol. The number of carbonyl (C=O) groups is 1. The maximum Gasteiger partial charge on any atom is 0.306 e.